The summed E-state index contributed by atoms with van der Waals surface area (Å²) in [6.07, 6.45) is 4.77. The second-order valence-electron chi connectivity index (χ2n) is 5.54. The van der Waals surface area contributed by atoms with Gasteiger partial charge in [-0.3, -0.25) is 5.32 Å². The van der Waals surface area contributed by atoms with Gasteiger partial charge in [-0.05, 0) is 18.1 Å². The number of benzene rings is 1. The van der Waals surface area contributed by atoms with Crippen LogP contribution in [0.3, 0.4) is 0 Å². The highest BCUT2D eigenvalue weighted by Gasteiger charge is 2.20. The average molecular weight is 348 g/mol. The Hall–Kier alpha value is -2.32. The molecule has 0 bridgehead atoms. The lowest BCUT2D eigenvalue weighted by Crippen LogP contribution is -2.36. The van der Waals surface area contributed by atoms with Gasteiger partial charge in [0.15, 0.2) is 0 Å². The molecule has 0 spiro atoms. The summed E-state index contributed by atoms with van der Waals surface area (Å²) in [5, 5.41) is 23.4. The van der Waals surface area contributed by atoms with Crippen molar-refractivity contribution in [1.82, 2.24) is 15.5 Å². The maximum absolute atomic E-state index is 13.6. The van der Waals surface area contributed by atoms with E-state index in [1.165, 1.54) is 17.4 Å². The van der Waals surface area contributed by atoms with Gasteiger partial charge in [0.25, 0.3) is 0 Å². The Labute approximate surface area is 142 Å². The highest BCUT2D eigenvalue weighted by molar-refractivity contribution is 7.15. The molecule has 0 saturated heterocycles. The number of nitrogens with one attached hydrogen (secondary N) is 2. The molecule has 126 valence electrons. The molecule has 2 atom stereocenters. The molecular weight excluding hydrogens is 331 g/mol. The molecule has 24 heavy (non-hydrogen) atoms. The summed E-state index contributed by atoms with van der Waals surface area (Å²) in [5.41, 5.74) is 0.538. The van der Waals surface area contributed by atoms with Crippen molar-refractivity contribution in [1.29, 1.82) is 0 Å². The summed E-state index contributed by atoms with van der Waals surface area (Å²) in [5.74, 6) is -0.199. The second-order valence-corrected chi connectivity index (χ2v) is 6.60. The van der Waals surface area contributed by atoms with Crippen LogP contribution in [0, 0.1) is 11.7 Å². The molecule has 0 fully saturated rings. The monoisotopic (exact) mass is 348 g/mol. The molecule has 3 rings (SSSR count). The quantitative estimate of drug-likeness (QED) is 0.724. The number of aliphatic hydroxyl groups is 1. The van der Waals surface area contributed by atoms with E-state index in [0.717, 1.165) is 0 Å². The lowest BCUT2D eigenvalue weighted by Gasteiger charge is -2.12. The van der Waals surface area contributed by atoms with Crippen LogP contribution < -0.4 is 10.6 Å². The first-order valence-corrected chi connectivity index (χ1v) is 8.38. The Morgan fingerprint density at radius 2 is 2.17 bits per heavy atom. The van der Waals surface area contributed by atoms with Gasteiger partial charge in [0, 0.05) is 25.0 Å². The molecule has 1 aliphatic carbocycles. The van der Waals surface area contributed by atoms with Crippen LogP contribution in [0.1, 0.15) is 17.0 Å². The number of halogens is 1. The molecule has 1 heterocycles. The number of aromatic nitrogens is 2. The first-order chi connectivity index (χ1) is 11.6. The van der Waals surface area contributed by atoms with Crippen molar-refractivity contribution >= 4 is 22.5 Å². The molecule has 2 amide bonds. The topological polar surface area (TPSA) is 87.1 Å². The van der Waals surface area contributed by atoms with Gasteiger partial charge in [-0.1, -0.05) is 41.7 Å². The number of carbonyl (C=O) groups excluding carboxylic acids is 1. The number of rotatable bonds is 5. The Morgan fingerprint density at radius 1 is 1.33 bits per heavy atom. The van der Waals surface area contributed by atoms with E-state index < -0.39 is 0 Å². The van der Waals surface area contributed by atoms with Gasteiger partial charge in [-0.15, -0.1) is 10.2 Å². The van der Waals surface area contributed by atoms with Gasteiger partial charge in [0.1, 0.15) is 10.8 Å². The summed E-state index contributed by atoms with van der Waals surface area (Å²) in [6.45, 7) is 0.0755. The van der Waals surface area contributed by atoms with E-state index in [1.807, 2.05) is 12.2 Å². The van der Waals surface area contributed by atoms with Crippen LogP contribution in [0.4, 0.5) is 14.3 Å². The molecule has 3 N–H and O–H groups in total. The van der Waals surface area contributed by atoms with E-state index >= 15 is 0 Å². The zero-order valence-corrected chi connectivity index (χ0v) is 13.6. The summed E-state index contributed by atoms with van der Waals surface area (Å²) in [6, 6.07) is 6.01. The largest absolute Gasteiger partial charge is 0.396 e. The minimum atomic E-state index is -0.378. The molecule has 1 aromatic heterocycles. The third kappa shape index (κ3) is 4.15. The van der Waals surface area contributed by atoms with Crippen LogP contribution in [0.5, 0.6) is 0 Å². The van der Waals surface area contributed by atoms with E-state index in [2.05, 4.69) is 20.8 Å². The number of aliphatic hydroxyl groups excluding tert-OH is 1. The molecular formula is C16H17FN4O2S. The van der Waals surface area contributed by atoms with Crippen molar-refractivity contribution < 1.29 is 14.3 Å². The molecule has 0 aliphatic heterocycles. The highest BCUT2D eigenvalue weighted by Crippen LogP contribution is 2.20. The van der Waals surface area contributed by atoms with Crippen molar-refractivity contribution in [2.24, 2.45) is 5.92 Å². The lowest BCUT2D eigenvalue weighted by molar-refractivity contribution is 0.238. The third-order valence-electron chi connectivity index (χ3n) is 3.71. The van der Waals surface area contributed by atoms with Crippen LogP contribution >= 0.6 is 11.3 Å². The minimum absolute atomic E-state index is 0.0755. The maximum atomic E-state index is 13.6. The fraction of sp³-hybridized carbons (Fsp3) is 0.312. The molecule has 0 unspecified atom stereocenters. The van der Waals surface area contributed by atoms with Crippen molar-refractivity contribution in [2.45, 2.75) is 18.9 Å². The summed E-state index contributed by atoms with van der Waals surface area (Å²) >= 11 is 1.21. The predicted octanol–water partition coefficient (Wildman–Crippen LogP) is 2.33. The average Bonchev–Trinajstić information content (AvgIpc) is 3.19. The summed E-state index contributed by atoms with van der Waals surface area (Å²) in [7, 11) is 0. The molecule has 6 nitrogen and oxygen atoms in total. The van der Waals surface area contributed by atoms with Gasteiger partial charge in [0.05, 0.1) is 0 Å². The number of amides is 2. The maximum Gasteiger partial charge on any atom is 0.321 e. The minimum Gasteiger partial charge on any atom is -0.396 e. The van der Waals surface area contributed by atoms with Crippen LogP contribution in [-0.4, -0.2) is 34.0 Å². The van der Waals surface area contributed by atoms with E-state index in [9.17, 15) is 9.18 Å². The van der Waals surface area contributed by atoms with Crippen LogP contribution in [0.25, 0.3) is 0 Å². The van der Waals surface area contributed by atoms with Crippen molar-refractivity contribution in [3.63, 3.8) is 0 Å². The number of carbonyl (C=O) groups is 1. The van der Waals surface area contributed by atoms with Gasteiger partial charge in [0.2, 0.25) is 5.13 Å². The van der Waals surface area contributed by atoms with Gasteiger partial charge >= 0.3 is 6.03 Å². The van der Waals surface area contributed by atoms with Crippen molar-refractivity contribution in [3.05, 3.63) is 52.8 Å². The molecule has 8 heteroatoms. The molecule has 1 aliphatic rings. The second kappa shape index (κ2) is 7.50. The van der Waals surface area contributed by atoms with Crippen LogP contribution in [0.15, 0.2) is 36.4 Å². The Kier molecular flexibility index (Phi) is 5.17. The lowest BCUT2D eigenvalue weighted by atomic mass is 10.1. The van der Waals surface area contributed by atoms with E-state index in [-0.39, 0.29) is 30.4 Å². The first kappa shape index (κ1) is 16.5. The fourth-order valence-corrected chi connectivity index (χ4v) is 3.26. The predicted molar refractivity (Wildman–Crippen MR) is 89.4 cm³/mol. The number of hydrogen-bond donors (Lipinski definition) is 3. The number of urea groups is 1. The molecule has 0 radical (unpaired) electrons. The number of nitrogens with zero attached hydrogens (tertiary/aromatic N) is 2. The molecule has 2 aromatic rings. The smallest absolute Gasteiger partial charge is 0.321 e. The Bertz CT molecular complexity index is 749. The summed E-state index contributed by atoms with van der Waals surface area (Å²) in [4.78, 5) is 11.9. The van der Waals surface area contributed by atoms with Gasteiger partial charge in [-0.2, -0.15) is 0 Å². The van der Waals surface area contributed by atoms with E-state index in [0.29, 0.717) is 28.5 Å². The van der Waals surface area contributed by atoms with E-state index in [1.54, 1.807) is 18.2 Å². The normalized spacial score (nSPS) is 19.4. The highest BCUT2D eigenvalue weighted by atomic mass is 32.1. The fourth-order valence-electron chi connectivity index (χ4n) is 2.50. The number of anilines is 1. The molecule has 1 aromatic carbocycles. The zero-order chi connectivity index (χ0) is 16.9. The van der Waals surface area contributed by atoms with E-state index in [4.69, 9.17) is 5.11 Å². The van der Waals surface area contributed by atoms with Crippen LogP contribution in [0.2, 0.25) is 0 Å². The third-order valence-corrected chi connectivity index (χ3v) is 4.55. The van der Waals surface area contributed by atoms with Gasteiger partial charge < -0.3 is 10.4 Å². The summed E-state index contributed by atoms with van der Waals surface area (Å²) < 4.78 is 13.6. The zero-order valence-electron chi connectivity index (χ0n) is 12.8. The van der Waals surface area contributed by atoms with Crippen molar-refractivity contribution in [2.75, 3.05) is 11.9 Å². The standard InChI is InChI=1S/C16H17FN4O2S/c17-13-4-2-1-3-11(13)8-14-20-21-16(24-14)19-15(23)18-12-6-5-10(7-12)9-22/h1-6,10,12,22H,7-9H2,(H2,18,19,21,23)/t10-,12+/m0/s1. The van der Waals surface area contributed by atoms with Crippen LogP contribution in [-0.2, 0) is 6.42 Å². The SMILES string of the molecule is O=C(Nc1nnc(Cc2ccccc2F)s1)N[C@@H]1C=C[C@H](CO)C1. The first-order valence-electron chi connectivity index (χ1n) is 7.56. The Morgan fingerprint density at radius 3 is 2.92 bits per heavy atom. The number of hydrogen-bond acceptors (Lipinski definition) is 5. The molecule has 0 saturated carbocycles. The van der Waals surface area contributed by atoms with Crippen molar-refractivity contribution in [3.8, 4) is 0 Å². The Balaban J connectivity index is 1.53. The van der Waals surface area contributed by atoms with Gasteiger partial charge in [-0.25, -0.2) is 9.18 Å².